The molecule has 1 aliphatic carbocycles. The van der Waals surface area contributed by atoms with Crippen LogP contribution in [0.5, 0.6) is 5.75 Å². The molecule has 0 spiro atoms. The van der Waals surface area contributed by atoms with Crippen molar-refractivity contribution in [3.8, 4) is 5.75 Å². The van der Waals surface area contributed by atoms with E-state index in [1.165, 1.54) is 0 Å². The lowest BCUT2D eigenvalue weighted by atomic mass is 9.85. The van der Waals surface area contributed by atoms with Gasteiger partial charge in [0.15, 0.2) is 0 Å². The first-order valence-corrected chi connectivity index (χ1v) is 5.90. The Bertz CT molecular complexity index is 443. The Morgan fingerprint density at radius 3 is 2.59 bits per heavy atom. The van der Waals surface area contributed by atoms with E-state index in [1.54, 1.807) is 12.1 Å². The molecule has 0 amide bonds. The summed E-state index contributed by atoms with van der Waals surface area (Å²) in [6.07, 6.45) is 3.81. The van der Waals surface area contributed by atoms with Crippen LogP contribution in [0, 0.1) is 0 Å². The van der Waals surface area contributed by atoms with E-state index in [-0.39, 0.29) is 6.42 Å². The topological polar surface area (TPSA) is 83.6 Å². The molecule has 0 fully saturated rings. The first kappa shape index (κ1) is 11.9. The number of rotatable bonds is 3. The van der Waals surface area contributed by atoms with Crippen LogP contribution in [0.3, 0.4) is 0 Å². The van der Waals surface area contributed by atoms with E-state index in [1.807, 2.05) is 0 Å². The molecule has 1 aliphatic rings. The quantitative estimate of drug-likeness (QED) is 0.745. The highest BCUT2D eigenvalue weighted by Gasteiger charge is 2.21. The summed E-state index contributed by atoms with van der Waals surface area (Å²) in [5.41, 5.74) is 8.80. The third kappa shape index (κ3) is 2.42. The summed E-state index contributed by atoms with van der Waals surface area (Å²) >= 11 is 0. The van der Waals surface area contributed by atoms with Gasteiger partial charge in [0.25, 0.3) is 0 Å². The average Bonchev–Trinajstić information content (AvgIpc) is 2.29. The maximum Gasteiger partial charge on any atom is 0.305 e. The Hall–Kier alpha value is -1.55. The lowest BCUT2D eigenvalue weighted by Gasteiger charge is -2.23. The van der Waals surface area contributed by atoms with Gasteiger partial charge >= 0.3 is 5.97 Å². The van der Waals surface area contributed by atoms with E-state index in [2.05, 4.69) is 0 Å². The Kier molecular flexibility index (Phi) is 3.33. The maximum absolute atomic E-state index is 10.7. The van der Waals surface area contributed by atoms with Crippen LogP contribution in [0.15, 0.2) is 12.1 Å². The second kappa shape index (κ2) is 4.75. The zero-order valence-corrected chi connectivity index (χ0v) is 9.65. The van der Waals surface area contributed by atoms with E-state index >= 15 is 0 Å². The molecule has 92 valence electrons. The minimum Gasteiger partial charge on any atom is -0.508 e. The lowest BCUT2D eigenvalue weighted by molar-refractivity contribution is -0.137. The predicted octanol–water partition coefficient (Wildman–Crippen LogP) is 1.75. The molecular weight excluding hydrogens is 218 g/mol. The van der Waals surface area contributed by atoms with Crippen molar-refractivity contribution in [3.63, 3.8) is 0 Å². The Balaban J connectivity index is 2.37. The third-order valence-electron chi connectivity index (χ3n) is 3.34. The van der Waals surface area contributed by atoms with Crippen LogP contribution in [-0.2, 0) is 17.6 Å². The van der Waals surface area contributed by atoms with Crippen molar-refractivity contribution in [1.29, 1.82) is 0 Å². The summed E-state index contributed by atoms with van der Waals surface area (Å²) < 4.78 is 0. The van der Waals surface area contributed by atoms with Crippen molar-refractivity contribution < 1.29 is 15.0 Å². The van der Waals surface area contributed by atoms with Gasteiger partial charge in [-0.25, -0.2) is 0 Å². The first-order valence-electron chi connectivity index (χ1n) is 5.90. The van der Waals surface area contributed by atoms with Gasteiger partial charge in [-0.3, -0.25) is 4.79 Å². The minimum atomic E-state index is -0.893. The van der Waals surface area contributed by atoms with Crippen molar-refractivity contribution in [2.24, 2.45) is 5.73 Å². The maximum atomic E-state index is 10.7. The van der Waals surface area contributed by atoms with Gasteiger partial charge in [0.2, 0.25) is 0 Å². The number of aliphatic carboxylic acids is 1. The molecule has 0 aliphatic heterocycles. The minimum absolute atomic E-state index is 0.0722. The molecule has 17 heavy (non-hydrogen) atoms. The summed E-state index contributed by atoms with van der Waals surface area (Å²) in [6, 6.07) is 2.90. The highest BCUT2D eigenvalue weighted by Crippen LogP contribution is 2.34. The molecule has 1 unspecified atom stereocenters. The van der Waals surface area contributed by atoms with Gasteiger partial charge in [0.05, 0.1) is 6.42 Å². The molecule has 0 saturated heterocycles. The second-order valence-corrected chi connectivity index (χ2v) is 4.54. The number of phenolic OH excluding ortho intramolecular Hbond substituents is 1. The molecule has 0 heterocycles. The molecular formula is C13H17NO3. The molecule has 1 aromatic rings. The van der Waals surface area contributed by atoms with Crippen molar-refractivity contribution >= 4 is 5.97 Å². The van der Waals surface area contributed by atoms with Gasteiger partial charge < -0.3 is 15.9 Å². The monoisotopic (exact) mass is 235 g/mol. The van der Waals surface area contributed by atoms with Crippen LogP contribution in [0.2, 0.25) is 0 Å². The lowest BCUT2D eigenvalue weighted by Crippen LogP contribution is -2.18. The van der Waals surface area contributed by atoms with E-state index in [0.29, 0.717) is 5.75 Å². The second-order valence-electron chi connectivity index (χ2n) is 4.54. The van der Waals surface area contributed by atoms with Crippen molar-refractivity contribution in [2.45, 2.75) is 38.1 Å². The Morgan fingerprint density at radius 2 is 1.94 bits per heavy atom. The van der Waals surface area contributed by atoms with Gasteiger partial charge in [0.1, 0.15) is 5.75 Å². The Morgan fingerprint density at radius 1 is 1.29 bits per heavy atom. The molecule has 1 atom stereocenters. The molecule has 4 nitrogen and oxygen atoms in total. The number of benzene rings is 1. The fourth-order valence-electron chi connectivity index (χ4n) is 2.52. The van der Waals surface area contributed by atoms with E-state index in [0.717, 1.165) is 42.4 Å². The summed E-state index contributed by atoms with van der Waals surface area (Å²) in [6.45, 7) is 0. The number of carbonyl (C=O) groups is 1. The molecule has 0 aromatic heterocycles. The number of aromatic hydroxyl groups is 1. The molecule has 4 N–H and O–H groups in total. The number of hydrogen-bond acceptors (Lipinski definition) is 3. The molecule has 0 radical (unpaired) electrons. The standard InChI is InChI=1S/C13H17NO3/c14-11(7-13(16)17)9-5-6-12(15)10-4-2-1-3-8(9)10/h5-6,11,15H,1-4,7,14H2,(H,16,17). The SMILES string of the molecule is NC(CC(=O)O)c1ccc(O)c2c1CCCC2. The Labute approximate surface area is 100 Å². The molecule has 1 aromatic carbocycles. The molecule has 4 heteroatoms. The number of hydrogen-bond donors (Lipinski definition) is 3. The van der Waals surface area contributed by atoms with Crippen LogP contribution >= 0.6 is 0 Å². The number of phenols is 1. The number of carboxylic acid groups (broad SMARTS) is 1. The van der Waals surface area contributed by atoms with Crippen molar-refractivity contribution in [2.75, 3.05) is 0 Å². The highest BCUT2D eigenvalue weighted by atomic mass is 16.4. The van der Waals surface area contributed by atoms with Gasteiger partial charge in [0, 0.05) is 6.04 Å². The number of nitrogens with two attached hydrogens (primary N) is 1. The zero-order valence-electron chi connectivity index (χ0n) is 9.65. The van der Waals surface area contributed by atoms with Crippen molar-refractivity contribution in [3.05, 3.63) is 28.8 Å². The van der Waals surface area contributed by atoms with Gasteiger partial charge in [-0.2, -0.15) is 0 Å². The fraction of sp³-hybridized carbons (Fsp3) is 0.462. The molecule has 2 rings (SSSR count). The van der Waals surface area contributed by atoms with Gasteiger partial charge in [-0.1, -0.05) is 6.07 Å². The third-order valence-corrected chi connectivity index (χ3v) is 3.34. The summed E-state index contributed by atoms with van der Waals surface area (Å²) in [7, 11) is 0. The summed E-state index contributed by atoms with van der Waals surface area (Å²) in [4.78, 5) is 10.7. The van der Waals surface area contributed by atoms with Crippen LogP contribution < -0.4 is 5.73 Å². The van der Waals surface area contributed by atoms with Gasteiger partial charge in [-0.15, -0.1) is 0 Å². The first-order chi connectivity index (χ1) is 8.09. The number of carboxylic acids is 1. The van der Waals surface area contributed by atoms with Crippen molar-refractivity contribution in [1.82, 2.24) is 0 Å². The summed E-state index contributed by atoms with van der Waals surface area (Å²) in [5.74, 6) is -0.582. The fourth-order valence-corrected chi connectivity index (χ4v) is 2.52. The largest absolute Gasteiger partial charge is 0.508 e. The smallest absolute Gasteiger partial charge is 0.305 e. The predicted molar refractivity (Wildman–Crippen MR) is 63.9 cm³/mol. The van der Waals surface area contributed by atoms with Gasteiger partial charge in [-0.05, 0) is 48.4 Å². The van der Waals surface area contributed by atoms with Crippen LogP contribution in [-0.4, -0.2) is 16.2 Å². The van der Waals surface area contributed by atoms with E-state index < -0.39 is 12.0 Å². The highest BCUT2D eigenvalue weighted by molar-refractivity contribution is 5.68. The molecule has 0 bridgehead atoms. The zero-order chi connectivity index (χ0) is 12.4. The average molecular weight is 235 g/mol. The molecule has 0 saturated carbocycles. The van der Waals surface area contributed by atoms with E-state index in [9.17, 15) is 9.90 Å². The van der Waals surface area contributed by atoms with E-state index in [4.69, 9.17) is 10.8 Å². The summed E-state index contributed by atoms with van der Waals surface area (Å²) in [5, 5.41) is 18.6. The number of fused-ring (bicyclic) bond motifs is 1. The van der Waals surface area contributed by atoms with Crippen LogP contribution in [0.4, 0.5) is 0 Å². The normalized spacial score (nSPS) is 16.3. The van der Waals surface area contributed by atoms with Crippen LogP contribution in [0.1, 0.15) is 42.0 Å². The van der Waals surface area contributed by atoms with Crippen LogP contribution in [0.25, 0.3) is 0 Å².